The van der Waals surface area contributed by atoms with Gasteiger partial charge in [-0.15, -0.1) is 0 Å². The Morgan fingerprint density at radius 1 is 0.276 bits per heavy atom. The molecule has 440 valence electrons. The van der Waals surface area contributed by atoms with Gasteiger partial charge >= 0.3 is 17.9 Å². The quantitative estimate of drug-likeness (QED) is 0.0261. The van der Waals surface area contributed by atoms with Crippen molar-refractivity contribution in [2.24, 2.45) is 0 Å². The van der Waals surface area contributed by atoms with Gasteiger partial charge in [-0.2, -0.15) is 0 Å². The maximum Gasteiger partial charge on any atom is 0.306 e. The van der Waals surface area contributed by atoms with E-state index >= 15 is 0 Å². The number of esters is 3. The van der Waals surface area contributed by atoms with Gasteiger partial charge in [0.25, 0.3) is 0 Å². The lowest BCUT2D eigenvalue weighted by Crippen LogP contribution is -2.30. The molecule has 0 heterocycles. The Morgan fingerprint density at radius 3 is 0.855 bits per heavy atom. The average molecular weight is 1060 g/mol. The summed E-state index contributed by atoms with van der Waals surface area (Å²) in [6.45, 7) is 6.51. The van der Waals surface area contributed by atoms with Crippen LogP contribution < -0.4 is 0 Å². The molecule has 0 fully saturated rings. The molecular formula is C70H124O6. The maximum absolute atomic E-state index is 12.9. The van der Waals surface area contributed by atoms with Crippen LogP contribution >= 0.6 is 0 Å². The Bertz CT molecular complexity index is 1400. The molecule has 0 radical (unpaired) electrons. The van der Waals surface area contributed by atoms with Crippen LogP contribution in [0, 0.1) is 0 Å². The number of unbranched alkanes of at least 4 members (excludes halogenated alkanes) is 37. The molecule has 1 atom stereocenters. The predicted molar refractivity (Wildman–Crippen MR) is 330 cm³/mol. The Hall–Kier alpha value is -3.15. The van der Waals surface area contributed by atoms with Crippen LogP contribution in [0.5, 0.6) is 0 Å². The van der Waals surface area contributed by atoms with E-state index < -0.39 is 6.10 Å². The van der Waals surface area contributed by atoms with Gasteiger partial charge in [0, 0.05) is 19.3 Å². The van der Waals surface area contributed by atoms with Crippen molar-refractivity contribution < 1.29 is 28.6 Å². The number of ether oxygens (including phenoxy) is 3. The number of rotatable bonds is 60. The molecule has 6 heteroatoms. The summed E-state index contributed by atoms with van der Waals surface area (Å²) in [6.07, 6.45) is 83.6. The summed E-state index contributed by atoms with van der Waals surface area (Å²) in [6, 6.07) is 0. The minimum absolute atomic E-state index is 0.0888. The molecule has 1 unspecified atom stereocenters. The van der Waals surface area contributed by atoms with E-state index in [4.69, 9.17) is 14.2 Å². The Balaban J connectivity index is 4.26. The number of hydrogen-bond donors (Lipinski definition) is 0. The van der Waals surface area contributed by atoms with Gasteiger partial charge in [0.2, 0.25) is 0 Å². The summed E-state index contributed by atoms with van der Waals surface area (Å²) in [4.78, 5) is 38.3. The third kappa shape index (κ3) is 61.7. The molecule has 0 saturated carbocycles. The van der Waals surface area contributed by atoms with Crippen LogP contribution in [-0.4, -0.2) is 37.2 Å². The molecule has 0 aliphatic carbocycles. The van der Waals surface area contributed by atoms with Crippen molar-refractivity contribution >= 4 is 17.9 Å². The van der Waals surface area contributed by atoms with Crippen LogP contribution in [-0.2, 0) is 28.6 Å². The standard InChI is InChI=1S/C70H124O6/c1-4-7-10-13-16-19-22-25-27-29-31-32-33-34-35-36-37-38-40-41-43-45-48-51-54-57-60-63-69(72)75-66-67(65-74-68(71)62-59-56-53-50-47-24-21-18-15-12-9-6-3)76-70(73)64-61-58-55-52-49-46-44-42-39-30-28-26-23-20-17-14-11-8-5-2/h8,11,17-18,20-21,26,28,39,42,46,49,67H,4-7,9-10,12-16,19,22-25,27,29-38,40-41,43-45,47-48,50-66H2,1-3H3/b11-8-,20-17-,21-18-,28-26-,42-39-,49-46-. The molecule has 6 nitrogen and oxygen atoms in total. The lowest BCUT2D eigenvalue weighted by atomic mass is 10.0. The fourth-order valence-electron chi connectivity index (χ4n) is 9.53. The Morgan fingerprint density at radius 2 is 0.513 bits per heavy atom. The second-order valence-corrected chi connectivity index (χ2v) is 22.0. The first-order valence-corrected chi connectivity index (χ1v) is 32.9. The second kappa shape index (κ2) is 64.4. The lowest BCUT2D eigenvalue weighted by Gasteiger charge is -2.18. The van der Waals surface area contributed by atoms with E-state index in [-0.39, 0.29) is 37.5 Å². The summed E-state index contributed by atoms with van der Waals surface area (Å²) in [5, 5.41) is 0. The van der Waals surface area contributed by atoms with Gasteiger partial charge < -0.3 is 14.2 Å². The highest BCUT2D eigenvalue weighted by molar-refractivity contribution is 5.71. The minimum atomic E-state index is -0.796. The highest BCUT2D eigenvalue weighted by atomic mass is 16.6. The number of allylic oxidation sites excluding steroid dienone is 12. The SMILES string of the molecule is CC/C=C\C/C=C\C/C=C\C/C=C\C/C=C\CCCCCC(=O)OC(COC(=O)CCCCCCC/C=C\CCCCC)COC(=O)CCCCCCCCCCCCCCCCCCCCCCCCCCCCC. The highest BCUT2D eigenvalue weighted by Gasteiger charge is 2.19. The van der Waals surface area contributed by atoms with Gasteiger partial charge in [-0.05, 0) is 89.9 Å². The first-order valence-electron chi connectivity index (χ1n) is 32.9. The smallest absolute Gasteiger partial charge is 0.306 e. The van der Waals surface area contributed by atoms with Crippen LogP contribution in [0.3, 0.4) is 0 Å². The van der Waals surface area contributed by atoms with Crippen molar-refractivity contribution in [3.05, 3.63) is 72.9 Å². The van der Waals surface area contributed by atoms with E-state index in [2.05, 4.69) is 93.7 Å². The van der Waals surface area contributed by atoms with E-state index in [0.717, 1.165) is 103 Å². The summed E-state index contributed by atoms with van der Waals surface area (Å²) >= 11 is 0. The topological polar surface area (TPSA) is 78.9 Å². The molecule has 0 aromatic carbocycles. The van der Waals surface area contributed by atoms with Crippen molar-refractivity contribution in [1.29, 1.82) is 0 Å². The zero-order valence-electron chi connectivity index (χ0n) is 50.5. The molecule has 0 N–H and O–H groups in total. The molecule has 0 aliphatic rings. The van der Waals surface area contributed by atoms with Crippen molar-refractivity contribution in [2.45, 2.75) is 341 Å². The molecule has 0 bridgehead atoms. The molecule has 0 aromatic rings. The monoisotopic (exact) mass is 1060 g/mol. The van der Waals surface area contributed by atoms with Crippen molar-refractivity contribution in [3.8, 4) is 0 Å². The van der Waals surface area contributed by atoms with E-state index in [1.807, 2.05) is 0 Å². The summed E-state index contributed by atoms with van der Waals surface area (Å²) < 4.78 is 16.9. The van der Waals surface area contributed by atoms with Crippen LogP contribution in [0.15, 0.2) is 72.9 Å². The number of carbonyl (C=O) groups is 3. The zero-order valence-corrected chi connectivity index (χ0v) is 50.5. The third-order valence-corrected chi connectivity index (χ3v) is 14.4. The second-order valence-electron chi connectivity index (χ2n) is 22.0. The van der Waals surface area contributed by atoms with Gasteiger partial charge in [-0.1, -0.05) is 299 Å². The summed E-state index contributed by atoms with van der Waals surface area (Å²) in [5.41, 5.74) is 0. The molecule has 0 saturated heterocycles. The fraction of sp³-hybridized carbons (Fsp3) is 0.786. The number of carbonyl (C=O) groups excluding carboxylic acids is 3. The van der Waals surface area contributed by atoms with Crippen molar-refractivity contribution in [2.75, 3.05) is 13.2 Å². The summed E-state index contributed by atoms with van der Waals surface area (Å²) in [7, 11) is 0. The van der Waals surface area contributed by atoms with Gasteiger partial charge in [-0.25, -0.2) is 0 Å². The van der Waals surface area contributed by atoms with Gasteiger partial charge in [0.1, 0.15) is 13.2 Å². The van der Waals surface area contributed by atoms with Gasteiger partial charge in [-0.3, -0.25) is 14.4 Å². The van der Waals surface area contributed by atoms with Crippen LogP contribution in [0.4, 0.5) is 0 Å². The fourth-order valence-corrected chi connectivity index (χ4v) is 9.53. The molecule has 0 aromatic heterocycles. The van der Waals surface area contributed by atoms with E-state index in [0.29, 0.717) is 12.8 Å². The molecule has 0 spiro atoms. The molecule has 76 heavy (non-hydrogen) atoms. The third-order valence-electron chi connectivity index (χ3n) is 14.4. The minimum Gasteiger partial charge on any atom is -0.462 e. The Kier molecular flexibility index (Phi) is 61.7. The van der Waals surface area contributed by atoms with Gasteiger partial charge in [0.05, 0.1) is 0 Å². The number of hydrogen-bond acceptors (Lipinski definition) is 6. The zero-order chi connectivity index (χ0) is 55.0. The van der Waals surface area contributed by atoms with Crippen LogP contribution in [0.25, 0.3) is 0 Å². The van der Waals surface area contributed by atoms with Crippen LogP contribution in [0.2, 0.25) is 0 Å². The molecule has 0 amide bonds. The lowest BCUT2D eigenvalue weighted by molar-refractivity contribution is -0.167. The molecule has 0 rings (SSSR count). The predicted octanol–water partition coefficient (Wildman–Crippen LogP) is 22.5. The average Bonchev–Trinajstić information content (AvgIpc) is 3.42. The normalized spacial score (nSPS) is 12.5. The van der Waals surface area contributed by atoms with E-state index in [1.54, 1.807) is 0 Å². The van der Waals surface area contributed by atoms with Gasteiger partial charge in [0.15, 0.2) is 6.10 Å². The largest absolute Gasteiger partial charge is 0.462 e. The maximum atomic E-state index is 12.9. The molecular weight excluding hydrogens is 937 g/mol. The summed E-state index contributed by atoms with van der Waals surface area (Å²) in [5.74, 6) is -0.916. The van der Waals surface area contributed by atoms with Crippen LogP contribution in [0.1, 0.15) is 335 Å². The first kappa shape index (κ1) is 72.8. The Labute approximate surface area is 472 Å². The molecule has 0 aliphatic heterocycles. The van der Waals surface area contributed by atoms with Crippen molar-refractivity contribution in [1.82, 2.24) is 0 Å². The van der Waals surface area contributed by atoms with Crippen molar-refractivity contribution in [3.63, 3.8) is 0 Å². The highest BCUT2D eigenvalue weighted by Crippen LogP contribution is 2.18. The van der Waals surface area contributed by atoms with E-state index in [9.17, 15) is 14.4 Å². The first-order chi connectivity index (χ1) is 37.5. The van der Waals surface area contributed by atoms with E-state index in [1.165, 1.54) is 193 Å².